The van der Waals surface area contributed by atoms with E-state index in [1.807, 2.05) is 18.0 Å². The summed E-state index contributed by atoms with van der Waals surface area (Å²) in [6.07, 6.45) is 4.13. The van der Waals surface area contributed by atoms with Crippen LogP contribution < -0.4 is 4.90 Å². The minimum absolute atomic E-state index is 0.261. The Labute approximate surface area is 122 Å². The fourth-order valence-corrected chi connectivity index (χ4v) is 1.88. The van der Waals surface area contributed by atoms with Crippen LogP contribution >= 0.6 is 0 Å². The number of carboxylic acids is 1. The zero-order valence-electron chi connectivity index (χ0n) is 11.5. The van der Waals surface area contributed by atoms with Crippen molar-refractivity contribution in [2.75, 3.05) is 11.9 Å². The number of aromatic nitrogens is 1. The van der Waals surface area contributed by atoms with E-state index in [0.717, 1.165) is 17.5 Å². The van der Waals surface area contributed by atoms with Gasteiger partial charge in [-0.3, -0.25) is 0 Å². The molecule has 2 aromatic rings. The molecule has 4 nitrogen and oxygen atoms in total. The van der Waals surface area contributed by atoms with Crippen LogP contribution in [0.5, 0.6) is 0 Å². The van der Waals surface area contributed by atoms with Gasteiger partial charge in [-0.25, -0.2) is 14.2 Å². The normalized spacial score (nSPS) is 10.8. The minimum Gasteiger partial charge on any atom is -0.478 e. The Morgan fingerprint density at radius 1 is 1.38 bits per heavy atom. The first-order valence-corrected chi connectivity index (χ1v) is 6.37. The highest BCUT2D eigenvalue weighted by Crippen LogP contribution is 2.14. The monoisotopic (exact) mass is 286 g/mol. The van der Waals surface area contributed by atoms with Gasteiger partial charge in [-0.15, -0.1) is 0 Å². The molecule has 0 aliphatic rings. The molecule has 0 saturated carbocycles. The van der Waals surface area contributed by atoms with Crippen LogP contribution in [-0.2, 0) is 11.3 Å². The number of benzene rings is 1. The van der Waals surface area contributed by atoms with Crippen molar-refractivity contribution in [3.05, 3.63) is 65.6 Å². The van der Waals surface area contributed by atoms with Gasteiger partial charge in [0.25, 0.3) is 0 Å². The summed E-state index contributed by atoms with van der Waals surface area (Å²) in [5.74, 6) is -0.531. The second-order valence-corrected chi connectivity index (χ2v) is 4.61. The van der Waals surface area contributed by atoms with Gasteiger partial charge in [0, 0.05) is 25.9 Å². The Hall–Kier alpha value is -2.69. The Morgan fingerprint density at radius 3 is 2.81 bits per heavy atom. The van der Waals surface area contributed by atoms with Crippen molar-refractivity contribution in [1.82, 2.24) is 4.98 Å². The molecule has 0 amide bonds. The molecule has 0 aliphatic carbocycles. The number of rotatable bonds is 5. The van der Waals surface area contributed by atoms with Crippen LogP contribution in [0.3, 0.4) is 0 Å². The number of hydrogen-bond acceptors (Lipinski definition) is 3. The topological polar surface area (TPSA) is 53.4 Å². The lowest BCUT2D eigenvalue weighted by Crippen LogP contribution is -2.17. The van der Waals surface area contributed by atoms with E-state index in [0.29, 0.717) is 12.1 Å². The number of carboxylic acid groups (broad SMARTS) is 1. The van der Waals surface area contributed by atoms with Gasteiger partial charge in [-0.05, 0) is 41.5 Å². The van der Waals surface area contributed by atoms with Crippen LogP contribution in [0.25, 0.3) is 6.08 Å². The first-order valence-electron chi connectivity index (χ1n) is 6.37. The van der Waals surface area contributed by atoms with Gasteiger partial charge in [0.15, 0.2) is 0 Å². The molecule has 0 saturated heterocycles. The SMILES string of the molecule is CN(Cc1cccc(F)c1)c1ccc(/C=C/C(=O)O)cn1. The van der Waals surface area contributed by atoms with Gasteiger partial charge in [0.2, 0.25) is 0 Å². The van der Waals surface area contributed by atoms with E-state index in [1.165, 1.54) is 18.2 Å². The first kappa shape index (κ1) is 14.7. The Balaban J connectivity index is 2.06. The maximum Gasteiger partial charge on any atom is 0.328 e. The van der Waals surface area contributed by atoms with Crippen molar-refractivity contribution in [1.29, 1.82) is 0 Å². The summed E-state index contributed by atoms with van der Waals surface area (Å²) in [7, 11) is 1.86. The summed E-state index contributed by atoms with van der Waals surface area (Å²) >= 11 is 0. The largest absolute Gasteiger partial charge is 0.478 e. The average molecular weight is 286 g/mol. The Bertz CT molecular complexity index is 654. The Kier molecular flexibility index (Phi) is 4.66. The molecule has 0 radical (unpaired) electrons. The van der Waals surface area contributed by atoms with Crippen LogP contribution in [0.15, 0.2) is 48.7 Å². The number of halogens is 1. The number of nitrogens with zero attached hydrogens (tertiary/aromatic N) is 2. The zero-order valence-corrected chi connectivity index (χ0v) is 11.5. The maximum atomic E-state index is 13.1. The number of aliphatic carboxylic acids is 1. The zero-order chi connectivity index (χ0) is 15.2. The Morgan fingerprint density at radius 2 is 2.19 bits per heavy atom. The second-order valence-electron chi connectivity index (χ2n) is 4.61. The molecule has 21 heavy (non-hydrogen) atoms. The molecule has 1 aromatic heterocycles. The number of carbonyl (C=O) groups is 1. The van der Waals surface area contributed by atoms with Crippen molar-refractivity contribution < 1.29 is 14.3 Å². The molecule has 0 aliphatic heterocycles. The maximum absolute atomic E-state index is 13.1. The first-order chi connectivity index (χ1) is 10.0. The molecule has 1 N–H and O–H groups in total. The van der Waals surface area contributed by atoms with Gasteiger partial charge < -0.3 is 10.0 Å². The van der Waals surface area contributed by atoms with Crippen molar-refractivity contribution in [3.8, 4) is 0 Å². The summed E-state index contributed by atoms with van der Waals surface area (Å²) in [5.41, 5.74) is 1.56. The number of hydrogen-bond donors (Lipinski definition) is 1. The third-order valence-electron chi connectivity index (χ3n) is 2.89. The summed E-state index contributed by atoms with van der Waals surface area (Å²) in [6.45, 7) is 0.537. The molecule has 0 spiro atoms. The van der Waals surface area contributed by atoms with Crippen molar-refractivity contribution >= 4 is 17.9 Å². The van der Waals surface area contributed by atoms with Gasteiger partial charge in [-0.2, -0.15) is 0 Å². The molecule has 5 heteroatoms. The van der Waals surface area contributed by atoms with E-state index in [-0.39, 0.29) is 5.82 Å². The lowest BCUT2D eigenvalue weighted by molar-refractivity contribution is -0.131. The highest BCUT2D eigenvalue weighted by atomic mass is 19.1. The fourth-order valence-electron chi connectivity index (χ4n) is 1.88. The second kappa shape index (κ2) is 6.65. The molecule has 1 aromatic carbocycles. The predicted molar refractivity (Wildman–Crippen MR) is 79.4 cm³/mol. The molecule has 0 atom stereocenters. The number of pyridine rings is 1. The standard InChI is InChI=1S/C16H15FN2O2/c1-19(11-13-3-2-4-14(17)9-13)15-7-5-12(10-18-15)6-8-16(20)21/h2-10H,11H2,1H3,(H,20,21)/b8-6+. The smallest absolute Gasteiger partial charge is 0.328 e. The van der Waals surface area contributed by atoms with Gasteiger partial charge in [0.05, 0.1) is 0 Å². The molecule has 1 heterocycles. The molecule has 0 unspecified atom stereocenters. The molecular weight excluding hydrogens is 271 g/mol. The van der Waals surface area contributed by atoms with E-state index in [1.54, 1.807) is 24.4 Å². The molecular formula is C16H15FN2O2. The summed E-state index contributed by atoms with van der Waals surface area (Å²) in [6, 6.07) is 9.99. The van der Waals surface area contributed by atoms with Crippen LogP contribution in [0.2, 0.25) is 0 Å². The van der Waals surface area contributed by atoms with E-state index in [9.17, 15) is 9.18 Å². The van der Waals surface area contributed by atoms with Gasteiger partial charge >= 0.3 is 5.97 Å². The van der Waals surface area contributed by atoms with E-state index >= 15 is 0 Å². The highest BCUT2D eigenvalue weighted by Gasteiger charge is 2.04. The summed E-state index contributed by atoms with van der Waals surface area (Å²) in [4.78, 5) is 16.6. The van der Waals surface area contributed by atoms with E-state index in [4.69, 9.17) is 5.11 Å². The average Bonchev–Trinajstić information content (AvgIpc) is 2.45. The number of anilines is 1. The van der Waals surface area contributed by atoms with E-state index < -0.39 is 5.97 Å². The van der Waals surface area contributed by atoms with Gasteiger partial charge in [0.1, 0.15) is 11.6 Å². The molecule has 0 fully saturated rings. The lowest BCUT2D eigenvalue weighted by Gasteiger charge is -2.18. The highest BCUT2D eigenvalue weighted by molar-refractivity contribution is 5.85. The van der Waals surface area contributed by atoms with Crippen molar-refractivity contribution in [2.45, 2.75) is 6.54 Å². The van der Waals surface area contributed by atoms with Crippen LogP contribution in [-0.4, -0.2) is 23.1 Å². The van der Waals surface area contributed by atoms with Crippen molar-refractivity contribution in [2.24, 2.45) is 0 Å². The van der Waals surface area contributed by atoms with Crippen LogP contribution in [0, 0.1) is 5.82 Å². The molecule has 0 bridgehead atoms. The van der Waals surface area contributed by atoms with Crippen molar-refractivity contribution in [3.63, 3.8) is 0 Å². The molecule has 108 valence electrons. The van der Waals surface area contributed by atoms with Crippen LogP contribution in [0.4, 0.5) is 10.2 Å². The quantitative estimate of drug-likeness (QED) is 0.859. The lowest BCUT2D eigenvalue weighted by atomic mass is 10.2. The minimum atomic E-state index is -0.998. The third kappa shape index (κ3) is 4.42. The van der Waals surface area contributed by atoms with E-state index in [2.05, 4.69) is 4.98 Å². The summed E-state index contributed by atoms with van der Waals surface area (Å²) < 4.78 is 13.1. The fraction of sp³-hybridized carbons (Fsp3) is 0.125. The van der Waals surface area contributed by atoms with Gasteiger partial charge in [-0.1, -0.05) is 12.1 Å². The third-order valence-corrected chi connectivity index (χ3v) is 2.89. The summed E-state index contributed by atoms with van der Waals surface area (Å²) in [5, 5.41) is 8.56. The molecule has 2 rings (SSSR count). The predicted octanol–water partition coefficient (Wildman–Crippen LogP) is 2.95. The van der Waals surface area contributed by atoms with Crippen LogP contribution in [0.1, 0.15) is 11.1 Å².